The average Bonchev–Trinajstić information content (AvgIpc) is 2.86. The lowest BCUT2D eigenvalue weighted by molar-refractivity contribution is -0.138. The van der Waals surface area contributed by atoms with Crippen LogP contribution in [0.4, 0.5) is 0 Å². The maximum absolute atomic E-state index is 10.8. The van der Waals surface area contributed by atoms with Crippen molar-refractivity contribution in [3.63, 3.8) is 0 Å². The van der Waals surface area contributed by atoms with E-state index in [0.717, 1.165) is 25.3 Å². The summed E-state index contributed by atoms with van der Waals surface area (Å²) in [5, 5.41) is 20.6. The molecule has 0 saturated carbocycles. The zero-order valence-corrected chi connectivity index (χ0v) is 10.4. The van der Waals surface area contributed by atoms with Crippen molar-refractivity contribution in [2.24, 2.45) is 0 Å². The number of rotatable bonds is 5. The Balaban J connectivity index is 2.16. The fourth-order valence-corrected chi connectivity index (χ4v) is 2.28. The predicted molar refractivity (Wildman–Crippen MR) is 62.2 cm³/mol. The molecule has 1 aliphatic heterocycles. The van der Waals surface area contributed by atoms with Gasteiger partial charge in [-0.3, -0.25) is 4.79 Å². The summed E-state index contributed by atoms with van der Waals surface area (Å²) >= 11 is 0. The zero-order valence-electron chi connectivity index (χ0n) is 10.4. The molecule has 0 aromatic carbocycles. The minimum atomic E-state index is -0.830. The predicted octanol–water partition coefficient (Wildman–Crippen LogP) is 0.993. The first-order valence-corrected chi connectivity index (χ1v) is 6.29. The van der Waals surface area contributed by atoms with Gasteiger partial charge in [0.1, 0.15) is 0 Å². The lowest BCUT2D eigenvalue weighted by Gasteiger charge is -2.23. The molecule has 1 fully saturated rings. The van der Waals surface area contributed by atoms with Gasteiger partial charge in [-0.25, -0.2) is 4.68 Å². The number of aromatic nitrogens is 4. The van der Waals surface area contributed by atoms with Crippen LogP contribution in [0.3, 0.4) is 0 Å². The molecule has 2 atom stereocenters. The topological polar surface area (TPSA) is 90.1 Å². The van der Waals surface area contributed by atoms with E-state index < -0.39 is 5.97 Å². The number of hydrogen-bond donors (Lipinski definition) is 1. The summed E-state index contributed by atoms with van der Waals surface area (Å²) < 4.78 is 7.09. The fourth-order valence-electron chi connectivity index (χ4n) is 2.28. The molecule has 2 unspecified atom stereocenters. The molecule has 100 valence electrons. The number of carboxylic acids is 1. The maximum Gasteiger partial charge on any atom is 0.305 e. The van der Waals surface area contributed by atoms with E-state index in [1.807, 2.05) is 6.92 Å². The highest BCUT2D eigenvalue weighted by atomic mass is 16.5. The van der Waals surface area contributed by atoms with Crippen LogP contribution in [0.5, 0.6) is 0 Å². The van der Waals surface area contributed by atoms with Gasteiger partial charge in [-0.1, -0.05) is 6.92 Å². The number of carbonyl (C=O) groups is 1. The van der Waals surface area contributed by atoms with Crippen LogP contribution in [0.15, 0.2) is 0 Å². The number of aliphatic carboxylic acids is 1. The first-order chi connectivity index (χ1) is 8.72. The molecule has 0 radical (unpaired) electrons. The normalized spacial score (nSPS) is 21.7. The van der Waals surface area contributed by atoms with Gasteiger partial charge < -0.3 is 9.84 Å². The third-order valence-corrected chi connectivity index (χ3v) is 3.27. The molecule has 0 amide bonds. The van der Waals surface area contributed by atoms with E-state index in [1.165, 1.54) is 0 Å². The monoisotopic (exact) mass is 254 g/mol. The molecule has 7 nitrogen and oxygen atoms in total. The second-order valence-electron chi connectivity index (χ2n) is 4.56. The summed E-state index contributed by atoms with van der Waals surface area (Å²) in [4.78, 5) is 10.8. The average molecular weight is 254 g/mol. The Bertz CT molecular complexity index is 401. The van der Waals surface area contributed by atoms with E-state index in [-0.39, 0.29) is 18.4 Å². The summed E-state index contributed by atoms with van der Waals surface area (Å²) in [7, 11) is 0. The Hall–Kier alpha value is -1.50. The van der Waals surface area contributed by atoms with Gasteiger partial charge in [0.15, 0.2) is 5.82 Å². The third kappa shape index (κ3) is 2.84. The molecule has 2 rings (SSSR count). The van der Waals surface area contributed by atoms with Crippen molar-refractivity contribution in [2.75, 3.05) is 13.2 Å². The molecule has 0 spiro atoms. The third-order valence-electron chi connectivity index (χ3n) is 3.27. The summed E-state index contributed by atoms with van der Waals surface area (Å²) in [5.41, 5.74) is 0. The highest BCUT2D eigenvalue weighted by molar-refractivity contribution is 5.67. The summed E-state index contributed by atoms with van der Waals surface area (Å²) in [6, 6.07) is -0.186. The number of carboxylic acid groups (broad SMARTS) is 1. The van der Waals surface area contributed by atoms with Gasteiger partial charge >= 0.3 is 5.97 Å². The summed E-state index contributed by atoms with van der Waals surface area (Å²) in [6.07, 6.45) is 2.72. The van der Waals surface area contributed by atoms with Gasteiger partial charge in [0, 0.05) is 12.5 Å². The Morgan fingerprint density at radius 2 is 2.50 bits per heavy atom. The molecule has 2 heterocycles. The highest BCUT2D eigenvalue weighted by Gasteiger charge is 2.26. The van der Waals surface area contributed by atoms with Gasteiger partial charge in [-0.05, 0) is 29.7 Å². The Morgan fingerprint density at radius 1 is 1.67 bits per heavy atom. The quantitative estimate of drug-likeness (QED) is 0.842. The van der Waals surface area contributed by atoms with Crippen LogP contribution in [0.25, 0.3) is 0 Å². The van der Waals surface area contributed by atoms with E-state index in [4.69, 9.17) is 9.84 Å². The molecule has 1 N–H and O–H groups in total. The minimum Gasteiger partial charge on any atom is -0.481 e. The van der Waals surface area contributed by atoms with Crippen molar-refractivity contribution in [1.82, 2.24) is 20.2 Å². The minimum absolute atomic E-state index is 0.0438. The van der Waals surface area contributed by atoms with Gasteiger partial charge in [-0.2, -0.15) is 0 Å². The van der Waals surface area contributed by atoms with E-state index in [0.29, 0.717) is 13.0 Å². The first-order valence-electron chi connectivity index (χ1n) is 6.29. The van der Waals surface area contributed by atoms with Gasteiger partial charge in [-0.15, -0.1) is 5.10 Å². The van der Waals surface area contributed by atoms with Gasteiger partial charge in [0.05, 0.1) is 19.1 Å². The lowest BCUT2D eigenvalue weighted by Crippen LogP contribution is -2.23. The van der Waals surface area contributed by atoms with E-state index in [2.05, 4.69) is 15.5 Å². The molecular formula is C11H18N4O3. The van der Waals surface area contributed by atoms with Crippen molar-refractivity contribution in [3.05, 3.63) is 5.82 Å². The number of nitrogens with zero attached hydrogens (tertiary/aromatic N) is 4. The standard InChI is InChI=1S/C11H18N4O3/c1-2-9(6-10(16)17)15-11(12-13-14-15)8-4-3-5-18-7-8/h8-9H,2-7H2,1H3,(H,16,17). The van der Waals surface area contributed by atoms with Crippen molar-refractivity contribution in [3.8, 4) is 0 Å². The van der Waals surface area contributed by atoms with Gasteiger partial charge in [0.25, 0.3) is 0 Å². The van der Waals surface area contributed by atoms with E-state index in [9.17, 15) is 4.79 Å². The molecule has 1 saturated heterocycles. The van der Waals surface area contributed by atoms with Crippen molar-refractivity contribution in [1.29, 1.82) is 0 Å². The molecule has 7 heteroatoms. The molecule has 18 heavy (non-hydrogen) atoms. The Kier molecular flexibility index (Phi) is 4.24. The fraction of sp³-hybridized carbons (Fsp3) is 0.818. The Morgan fingerprint density at radius 3 is 3.11 bits per heavy atom. The van der Waals surface area contributed by atoms with E-state index >= 15 is 0 Å². The van der Waals surface area contributed by atoms with Gasteiger partial charge in [0.2, 0.25) is 0 Å². The molecule has 0 aliphatic carbocycles. The second kappa shape index (κ2) is 5.90. The smallest absolute Gasteiger partial charge is 0.305 e. The van der Waals surface area contributed by atoms with Crippen LogP contribution < -0.4 is 0 Å². The second-order valence-corrected chi connectivity index (χ2v) is 4.56. The van der Waals surface area contributed by atoms with Crippen LogP contribution in [0.1, 0.15) is 50.4 Å². The zero-order chi connectivity index (χ0) is 13.0. The molecule has 1 aromatic rings. The lowest BCUT2D eigenvalue weighted by atomic mass is 10.0. The van der Waals surface area contributed by atoms with Crippen LogP contribution in [-0.4, -0.2) is 44.5 Å². The number of ether oxygens (including phenoxy) is 1. The van der Waals surface area contributed by atoms with Crippen LogP contribution >= 0.6 is 0 Å². The SMILES string of the molecule is CCC(CC(=O)O)n1nnnc1C1CCCOC1. The highest BCUT2D eigenvalue weighted by Crippen LogP contribution is 2.26. The largest absolute Gasteiger partial charge is 0.481 e. The van der Waals surface area contributed by atoms with Crippen molar-refractivity contribution in [2.45, 2.75) is 44.6 Å². The number of hydrogen-bond acceptors (Lipinski definition) is 5. The van der Waals surface area contributed by atoms with Crippen molar-refractivity contribution >= 4 is 5.97 Å². The van der Waals surface area contributed by atoms with Crippen LogP contribution in [-0.2, 0) is 9.53 Å². The summed E-state index contributed by atoms with van der Waals surface area (Å²) in [6.45, 7) is 3.34. The molecular weight excluding hydrogens is 236 g/mol. The van der Waals surface area contributed by atoms with E-state index in [1.54, 1.807) is 4.68 Å². The number of tetrazole rings is 1. The molecule has 1 aromatic heterocycles. The molecule has 1 aliphatic rings. The Labute approximate surface area is 105 Å². The maximum atomic E-state index is 10.8. The molecule has 0 bridgehead atoms. The van der Waals surface area contributed by atoms with Crippen LogP contribution in [0.2, 0.25) is 0 Å². The van der Waals surface area contributed by atoms with Crippen molar-refractivity contribution < 1.29 is 14.6 Å². The summed E-state index contributed by atoms with van der Waals surface area (Å²) in [5.74, 6) is 0.0996. The first kappa shape index (κ1) is 12.9. The van der Waals surface area contributed by atoms with Crippen LogP contribution in [0, 0.1) is 0 Å².